The first kappa shape index (κ1) is 19.2. The van der Waals surface area contributed by atoms with Crippen LogP contribution < -0.4 is 4.74 Å². The van der Waals surface area contributed by atoms with Crippen molar-refractivity contribution in [2.45, 2.75) is 58.7 Å². The average molecular weight is 335 g/mol. The summed E-state index contributed by atoms with van der Waals surface area (Å²) in [5.74, 6) is 0.948. The van der Waals surface area contributed by atoms with Crippen LogP contribution in [0, 0.1) is 6.92 Å². The molecule has 1 unspecified atom stereocenters. The first-order valence-corrected chi connectivity index (χ1v) is 9.35. The lowest BCUT2D eigenvalue weighted by atomic mass is 10.0. The number of benzene rings is 1. The summed E-state index contributed by atoms with van der Waals surface area (Å²) in [4.78, 5) is 5.16. The zero-order valence-electron chi connectivity index (χ0n) is 15.8. The van der Waals surface area contributed by atoms with Gasteiger partial charge in [-0.15, -0.1) is 0 Å². The van der Waals surface area contributed by atoms with Gasteiger partial charge in [0.25, 0.3) is 0 Å². The monoisotopic (exact) mass is 334 g/mol. The van der Waals surface area contributed by atoms with Gasteiger partial charge in [0.15, 0.2) is 0 Å². The molecule has 136 valence electrons. The summed E-state index contributed by atoms with van der Waals surface area (Å²) in [5.41, 5.74) is 2.51. The van der Waals surface area contributed by atoms with Gasteiger partial charge in [-0.2, -0.15) is 0 Å². The van der Waals surface area contributed by atoms with E-state index < -0.39 is 0 Å². The van der Waals surface area contributed by atoms with Crippen molar-refractivity contribution in [3.63, 3.8) is 0 Å². The molecule has 1 saturated heterocycles. The molecule has 0 spiro atoms. The number of ether oxygens (including phenoxy) is 1. The van der Waals surface area contributed by atoms with Crippen LogP contribution in [0.5, 0.6) is 5.75 Å². The maximum absolute atomic E-state index is 9.49. The van der Waals surface area contributed by atoms with Gasteiger partial charge in [0.1, 0.15) is 5.75 Å². The lowest BCUT2D eigenvalue weighted by Gasteiger charge is -2.44. The number of methoxy groups -OCH3 is 1. The number of rotatable bonds is 8. The lowest BCUT2D eigenvalue weighted by Crippen LogP contribution is -2.55. The summed E-state index contributed by atoms with van der Waals surface area (Å²) in [5, 5.41) is 9.49. The maximum atomic E-state index is 9.49. The zero-order chi connectivity index (χ0) is 17.5. The predicted octanol–water partition coefficient (Wildman–Crippen LogP) is 3.06. The number of aryl methyl sites for hydroxylation is 1. The third-order valence-corrected chi connectivity index (χ3v) is 5.40. The van der Waals surface area contributed by atoms with Crippen molar-refractivity contribution >= 4 is 0 Å². The Balaban J connectivity index is 2.05. The Morgan fingerprint density at radius 3 is 2.58 bits per heavy atom. The summed E-state index contributed by atoms with van der Waals surface area (Å²) in [6.45, 7) is 11.1. The van der Waals surface area contributed by atoms with E-state index in [1.807, 2.05) is 0 Å². The van der Waals surface area contributed by atoms with Gasteiger partial charge in [-0.3, -0.25) is 9.80 Å². The molecule has 0 aromatic heterocycles. The molecule has 4 heteroatoms. The SMILES string of the molecule is CCC(CC)N1CCN(Cc2ccc(OC)c(C)c2)C(CCO)C1. The molecule has 1 fully saturated rings. The third-order valence-electron chi connectivity index (χ3n) is 5.40. The Hall–Kier alpha value is -1.10. The molecule has 1 aliphatic heterocycles. The van der Waals surface area contributed by atoms with Crippen LogP contribution in [0.4, 0.5) is 0 Å². The second-order valence-corrected chi connectivity index (χ2v) is 6.91. The number of hydrogen-bond donors (Lipinski definition) is 1. The summed E-state index contributed by atoms with van der Waals surface area (Å²) in [6.07, 6.45) is 3.27. The smallest absolute Gasteiger partial charge is 0.121 e. The van der Waals surface area contributed by atoms with Crippen LogP contribution in [0.2, 0.25) is 0 Å². The molecular weight excluding hydrogens is 300 g/mol. The van der Waals surface area contributed by atoms with Gasteiger partial charge >= 0.3 is 0 Å². The number of piperazine rings is 1. The Morgan fingerprint density at radius 2 is 2.00 bits per heavy atom. The van der Waals surface area contributed by atoms with Crippen molar-refractivity contribution in [2.24, 2.45) is 0 Å². The molecule has 1 N–H and O–H groups in total. The lowest BCUT2D eigenvalue weighted by molar-refractivity contribution is 0.0293. The summed E-state index contributed by atoms with van der Waals surface area (Å²) in [7, 11) is 1.72. The van der Waals surface area contributed by atoms with Crippen molar-refractivity contribution < 1.29 is 9.84 Å². The van der Waals surface area contributed by atoms with Gasteiger partial charge in [0.2, 0.25) is 0 Å². The fraction of sp³-hybridized carbons (Fsp3) is 0.700. The normalized spacial score (nSPS) is 19.8. The second kappa shape index (κ2) is 9.40. The summed E-state index contributed by atoms with van der Waals surface area (Å²) < 4.78 is 5.36. The molecule has 24 heavy (non-hydrogen) atoms. The molecule has 0 saturated carbocycles. The van der Waals surface area contributed by atoms with Gasteiger partial charge in [-0.05, 0) is 43.4 Å². The maximum Gasteiger partial charge on any atom is 0.121 e. The Bertz CT molecular complexity index is 502. The molecule has 0 radical (unpaired) electrons. The standard InChI is InChI=1S/C20H34N2O2/c1-5-18(6-2)22-11-10-21(19(15-22)9-12-23)14-17-7-8-20(24-4)16(3)13-17/h7-8,13,18-19,23H,5-6,9-12,14-15H2,1-4H3. The van der Waals surface area contributed by atoms with Crippen LogP contribution in [0.3, 0.4) is 0 Å². The van der Waals surface area contributed by atoms with Gasteiger partial charge in [-0.25, -0.2) is 0 Å². The quantitative estimate of drug-likeness (QED) is 0.793. The Kier molecular flexibility index (Phi) is 7.53. The third kappa shape index (κ3) is 4.71. The van der Waals surface area contributed by atoms with Crippen LogP contribution >= 0.6 is 0 Å². The predicted molar refractivity (Wildman–Crippen MR) is 99.6 cm³/mol. The fourth-order valence-corrected chi connectivity index (χ4v) is 3.96. The van der Waals surface area contributed by atoms with E-state index in [0.29, 0.717) is 12.1 Å². The van der Waals surface area contributed by atoms with E-state index in [9.17, 15) is 5.11 Å². The zero-order valence-corrected chi connectivity index (χ0v) is 15.8. The minimum Gasteiger partial charge on any atom is -0.496 e. The molecule has 1 atom stereocenters. The van der Waals surface area contributed by atoms with Crippen molar-refractivity contribution in [3.05, 3.63) is 29.3 Å². The van der Waals surface area contributed by atoms with E-state index in [1.165, 1.54) is 24.0 Å². The minimum absolute atomic E-state index is 0.263. The first-order chi connectivity index (χ1) is 11.6. The van der Waals surface area contributed by atoms with Gasteiger partial charge in [-0.1, -0.05) is 26.0 Å². The first-order valence-electron chi connectivity index (χ1n) is 9.35. The molecule has 0 aliphatic carbocycles. The average Bonchev–Trinajstić information content (AvgIpc) is 2.58. The fourth-order valence-electron chi connectivity index (χ4n) is 3.96. The van der Waals surface area contributed by atoms with E-state index in [-0.39, 0.29) is 6.61 Å². The van der Waals surface area contributed by atoms with Gasteiger partial charge in [0.05, 0.1) is 7.11 Å². The van der Waals surface area contributed by atoms with Gasteiger partial charge in [0, 0.05) is 44.9 Å². The van der Waals surface area contributed by atoms with E-state index >= 15 is 0 Å². The van der Waals surface area contributed by atoms with Crippen molar-refractivity contribution in [1.82, 2.24) is 9.80 Å². The highest BCUT2D eigenvalue weighted by Gasteiger charge is 2.29. The van der Waals surface area contributed by atoms with E-state index in [4.69, 9.17) is 4.74 Å². The summed E-state index contributed by atoms with van der Waals surface area (Å²) >= 11 is 0. The number of aliphatic hydroxyl groups excluding tert-OH is 1. The number of hydrogen-bond acceptors (Lipinski definition) is 4. The van der Waals surface area contributed by atoms with Crippen LogP contribution in [0.1, 0.15) is 44.2 Å². The largest absolute Gasteiger partial charge is 0.496 e. The molecule has 1 aliphatic rings. The molecule has 0 bridgehead atoms. The highest BCUT2D eigenvalue weighted by Crippen LogP contribution is 2.23. The van der Waals surface area contributed by atoms with Crippen LogP contribution in [0.25, 0.3) is 0 Å². The van der Waals surface area contributed by atoms with Crippen LogP contribution in [0.15, 0.2) is 18.2 Å². The van der Waals surface area contributed by atoms with Gasteiger partial charge < -0.3 is 9.84 Å². The Morgan fingerprint density at radius 1 is 1.25 bits per heavy atom. The van der Waals surface area contributed by atoms with Crippen LogP contribution in [-0.2, 0) is 6.54 Å². The molecule has 1 aromatic rings. The topological polar surface area (TPSA) is 35.9 Å². The minimum atomic E-state index is 0.263. The van der Waals surface area contributed by atoms with E-state index in [2.05, 4.69) is 48.8 Å². The van der Waals surface area contributed by atoms with Crippen molar-refractivity contribution in [3.8, 4) is 5.75 Å². The molecule has 2 rings (SSSR count). The molecule has 0 amide bonds. The number of nitrogens with zero attached hydrogens (tertiary/aromatic N) is 2. The van der Waals surface area contributed by atoms with Crippen molar-refractivity contribution in [1.29, 1.82) is 0 Å². The second-order valence-electron chi connectivity index (χ2n) is 6.91. The molecule has 4 nitrogen and oxygen atoms in total. The highest BCUT2D eigenvalue weighted by atomic mass is 16.5. The van der Waals surface area contributed by atoms with E-state index in [0.717, 1.165) is 38.3 Å². The molecule has 1 heterocycles. The highest BCUT2D eigenvalue weighted by molar-refractivity contribution is 5.36. The molecule has 1 aromatic carbocycles. The van der Waals surface area contributed by atoms with Crippen molar-refractivity contribution in [2.75, 3.05) is 33.4 Å². The Labute approximate surface area is 147 Å². The summed E-state index contributed by atoms with van der Waals surface area (Å²) in [6, 6.07) is 7.56. The molecular formula is C20H34N2O2. The van der Waals surface area contributed by atoms with Crippen LogP contribution in [-0.4, -0.2) is 60.3 Å². The van der Waals surface area contributed by atoms with E-state index in [1.54, 1.807) is 7.11 Å². The number of aliphatic hydroxyl groups is 1.